The van der Waals surface area contributed by atoms with Gasteiger partial charge in [0, 0.05) is 6.61 Å². The Morgan fingerprint density at radius 3 is 2.47 bits per heavy atom. The summed E-state index contributed by atoms with van der Waals surface area (Å²) >= 11 is 0. The molecule has 4 N–H and O–H groups in total. The molecule has 0 amide bonds. The minimum Gasteiger partial charge on any atom is -1.00 e. The minimum absolute atomic E-state index is 0. The van der Waals surface area contributed by atoms with Crippen LogP contribution in [-0.4, -0.2) is 64.3 Å². The number of hydrogen-bond acceptors (Lipinski definition) is 6. The monoisotopic (exact) mass is 288 g/mol. The maximum atomic E-state index is 9.68. The molecule has 0 aliphatic carbocycles. The Hall–Kier alpha value is 0.760. The maximum absolute atomic E-state index is 9.68. The van der Waals surface area contributed by atoms with E-state index >= 15 is 0 Å². The fourth-order valence-corrected chi connectivity index (χ4v) is 1.96. The van der Waals surface area contributed by atoms with Crippen LogP contribution >= 0.6 is 0 Å². The molecule has 1 aliphatic heterocycles. The van der Waals surface area contributed by atoms with Gasteiger partial charge in [0.2, 0.25) is 0 Å². The quantitative estimate of drug-likeness (QED) is 0.273. The molecule has 1 saturated heterocycles. The van der Waals surface area contributed by atoms with Crippen molar-refractivity contribution >= 4 is 0 Å². The van der Waals surface area contributed by atoms with Crippen molar-refractivity contribution in [2.24, 2.45) is 0 Å². The summed E-state index contributed by atoms with van der Waals surface area (Å²) in [5, 5.41) is 37.5. The van der Waals surface area contributed by atoms with Crippen LogP contribution in [0, 0.1) is 0 Å². The van der Waals surface area contributed by atoms with Crippen molar-refractivity contribution in [3.8, 4) is 0 Å². The summed E-state index contributed by atoms with van der Waals surface area (Å²) in [5.74, 6) is 0. The summed E-state index contributed by atoms with van der Waals surface area (Å²) in [6.45, 7) is 2.02. The zero-order valence-electron chi connectivity index (χ0n) is 12.7. The first-order valence-electron chi connectivity index (χ1n) is 6.54. The van der Waals surface area contributed by atoms with Crippen LogP contribution in [0.2, 0.25) is 0 Å². The molecule has 6 nitrogen and oxygen atoms in total. The Kier molecular flexibility index (Phi) is 10.9. The normalized spacial score (nSPS) is 32.1. The third kappa shape index (κ3) is 5.95. The van der Waals surface area contributed by atoms with Crippen molar-refractivity contribution in [2.45, 2.75) is 63.3 Å². The molecule has 0 bridgehead atoms. The Balaban J connectivity index is 0. The molecule has 19 heavy (non-hydrogen) atoms. The molecule has 1 heterocycles. The van der Waals surface area contributed by atoms with Crippen LogP contribution in [0.1, 0.15) is 34.0 Å². The molecule has 1 fully saturated rings. The van der Waals surface area contributed by atoms with E-state index in [-0.39, 0.29) is 31.0 Å². The topological polar surface area (TPSA) is 99.4 Å². The number of aliphatic hydroxyl groups is 4. The standard InChI is InChI=1S/C12H24O6.Na.H/c1-2-3-4-5-6-17-12-10(16)9(15)11(18-12)8(14)7-13;;/h8-16H,2-7H2,1H3;;/q;+1;-1/t8-,9-,10-,11+,12+;;/m1../s1. The van der Waals surface area contributed by atoms with E-state index in [4.69, 9.17) is 14.6 Å². The zero-order valence-corrected chi connectivity index (χ0v) is 13.7. The molecule has 0 aromatic heterocycles. The number of ether oxygens (including phenoxy) is 2. The molecule has 0 saturated carbocycles. The smallest absolute Gasteiger partial charge is 1.00 e. The van der Waals surface area contributed by atoms with E-state index in [2.05, 4.69) is 6.92 Å². The summed E-state index contributed by atoms with van der Waals surface area (Å²) in [7, 11) is 0. The molecule has 0 aromatic carbocycles. The van der Waals surface area contributed by atoms with Crippen LogP contribution in [0.3, 0.4) is 0 Å². The van der Waals surface area contributed by atoms with Gasteiger partial charge < -0.3 is 31.3 Å². The van der Waals surface area contributed by atoms with Gasteiger partial charge in [0.25, 0.3) is 0 Å². The maximum Gasteiger partial charge on any atom is 1.00 e. The van der Waals surface area contributed by atoms with Crippen LogP contribution in [0.25, 0.3) is 0 Å². The van der Waals surface area contributed by atoms with Gasteiger partial charge in [-0.25, -0.2) is 0 Å². The van der Waals surface area contributed by atoms with Gasteiger partial charge in [0.15, 0.2) is 6.29 Å². The molecule has 7 heteroatoms. The van der Waals surface area contributed by atoms with E-state index in [1.165, 1.54) is 0 Å². The van der Waals surface area contributed by atoms with Gasteiger partial charge in [-0.15, -0.1) is 0 Å². The van der Waals surface area contributed by atoms with Gasteiger partial charge in [0.1, 0.15) is 24.4 Å². The van der Waals surface area contributed by atoms with E-state index in [1.54, 1.807) is 0 Å². The molecule has 110 valence electrons. The fraction of sp³-hybridized carbons (Fsp3) is 1.00. The molecular formula is C12H25NaO6. The SMILES string of the molecule is CCCCCCO[C@H]1O[C@@H]([C@H](O)CO)[C@H](O)[C@H]1O.[H-].[Na+]. The van der Waals surface area contributed by atoms with Gasteiger partial charge in [-0.3, -0.25) is 0 Å². The van der Waals surface area contributed by atoms with Crippen LogP contribution in [0.4, 0.5) is 0 Å². The average Bonchev–Trinajstić information content (AvgIpc) is 2.66. The Bertz CT molecular complexity index is 236. The first-order valence-corrected chi connectivity index (χ1v) is 6.54. The molecule has 0 radical (unpaired) electrons. The zero-order chi connectivity index (χ0) is 13.5. The molecule has 0 unspecified atom stereocenters. The second kappa shape index (κ2) is 10.5. The molecule has 5 atom stereocenters. The summed E-state index contributed by atoms with van der Waals surface area (Å²) in [5.41, 5.74) is 0. The van der Waals surface area contributed by atoms with Crippen LogP contribution in [-0.2, 0) is 9.47 Å². The molecule has 1 aliphatic rings. The summed E-state index contributed by atoms with van der Waals surface area (Å²) in [6, 6.07) is 0. The van der Waals surface area contributed by atoms with E-state index in [0.29, 0.717) is 6.61 Å². The Morgan fingerprint density at radius 1 is 1.21 bits per heavy atom. The minimum atomic E-state index is -1.24. The van der Waals surface area contributed by atoms with Crippen molar-refractivity contribution in [2.75, 3.05) is 13.2 Å². The molecule has 0 spiro atoms. The second-order valence-electron chi connectivity index (χ2n) is 4.63. The van der Waals surface area contributed by atoms with Crippen LogP contribution in [0.15, 0.2) is 0 Å². The van der Waals surface area contributed by atoms with Crippen LogP contribution < -0.4 is 29.6 Å². The van der Waals surface area contributed by atoms with Gasteiger partial charge in [0.05, 0.1) is 6.61 Å². The average molecular weight is 288 g/mol. The summed E-state index contributed by atoms with van der Waals surface area (Å²) in [6.07, 6.45) is -1.43. The Morgan fingerprint density at radius 2 is 1.89 bits per heavy atom. The third-order valence-electron chi connectivity index (χ3n) is 3.10. The van der Waals surface area contributed by atoms with Gasteiger partial charge in [-0.2, -0.15) is 0 Å². The van der Waals surface area contributed by atoms with Crippen LogP contribution in [0.5, 0.6) is 0 Å². The van der Waals surface area contributed by atoms with Crippen molar-refractivity contribution in [1.82, 2.24) is 0 Å². The Labute approximate surface area is 137 Å². The van der Waals surface area contributed by atoms with E-state index in [9.17, 15) is 15.3 Å². The number of unbranched alkanes of at least 4 members (excludes halogenated alkanes) is 3. The molecular weight excluding hydrogens is 263 g/mol. The van der Waals surface area contributed by atoms with Crippen molar-refractivity contribution in [1.29, 1.82) is 0 Å². The fourth-order valence-electron chi connectivity index (χ4n) is 1.96. The van der Waals surface area contributed by atoms with E-state index in [1.807, 2.05) is 0 Å². The predicted molar refractivity (Wildman–Crippen MR) is 65.0 cm³/mol. The molecule has 1 rings (SSSR count). The largest absolute Gasteiger partial charge is 1.00 e. The van der Waals surface area contributed by atoms with Gasteiger partial charge >= 0.3 is 29.6 Å². The summed E-state index contributed by atoms with van der Waals surface area (Å²) < 4.78 is 10.5. The second-order valence-corrected chi connectivity index (χ2v) is 4.63. The first-order chi connectivity index (χ1) is 8.61. The van der Waals surface area contributed by atoms with E-state index < -0.39 is 37.3 Å². The van der Waals surface area contributed by atoms with Gasteiger partial charge in [-0.1, -0.05) is 26.2 Å². The number of hydrogen-bond donors (Lipinski definition) is 4. The summed E-state index contributed by atoms with van der Waals surface area (Å²) in [4.78, 5) is 0. The van der Waals surface area contributed by atoms with Crippen molar-refractivity contribution in [3.63, 3.8) is 0 Å². The van der Waals surface area contributed by atoms with Crippen molar-refractivity contribution < 1.29 is 60.9 Å². The number of aliphatic hydroxyl groups excluding tert-OH is 4. The molecule has 0 aromatic rings. The first kappa shape index (κ1) is 19.8. The van der Waals surface area contributed by atoms with E-state index in [0.717, 1.165) is 25.7 Å². The van der Waals surface area contributed by atoms with Gasteiger partial charge in [-0.05, 0) is 6.42 Å². The predicted octanol–water partition coefficient (Wildman–Crippen LogP) is -3.50. The third-order valence-corrected chi connectivity index (χ3v) is 3.10. The number of rotatable bonds is 8. The van der Waals surface area contributed by atoms with Crippen molar-refractivity contribution in [3.05, 3.63) is 0 Å².